The number of fused-ring (bicyclic) bond motifs is 1. The van der Waals surface area contributed by atoms with Crippen LogP contribution in [0.5, 0.6) is 0 Å². The summed E-state index contributed by atoms with van der Waals surface area (Å²) in [5.41, 5.74) is 27.0. The lowest BCUT2D eigenvalue weighted by Crippen LogP contribution is -2.43. The Morgan fingerprint density at radius 2 is 0.986 bits per heavy atom. The first-order chi connectivity index (χ1) is 32.9. The van der Waals surface area contributed by atoms with Gasteiger partial charge in [0.1, 0.15) is 0 Å². The number of hydrogen-bond acceptors (Lipinski definition) is 7. The molecule has 11 heteroatoms. The van der Waals surface area contributed by atoms with Gasteiger partial charge >= 0.3 is 0 Å². The van der Waals surface area contributed by atoms with E-state index in [1.165, 1.54) is 77.0 Å². The van der Waals surface area contributed by atoms with Crippen LogP contribution in [-0.4, -0.2) is 31.9 Å². The second kappa shape index (κ2) is 24.9. The van der Waals surface area contributed by atoms with Crippen molar-refractivity contribution >= 4 is 105 Å². The zero-order valence-electron chi connectivity index (χ0n) is 45.1. The van der Waals surface area contributed by atoms with Gasteiger partial charge in [-0.3, -0.25) is 0 Å². The summed E-state index contributed by atoms with van der Waals surface area (Å²) in [6, 6.07) is 32.1. The number of halogens is 2. The molecular formula is C60H74Br2N6S3. The monoisotopic (exact) mass is 1130 g/mol. The van der Waals surface area contributed by atoms with Gasteiger partial charge in [0.05, 0.1) is 26.8 Å². The average molecular weight is 1140 g/mol. The number of hydrogen-bond donors (Lipinski definition) is 4. The Morgan fingerprint density at radius 3 is 1.42 bits per heavy atom. The molecule has 0 aliphatic carbocycles. The van der Waals surface area contributed by atoms with E-state index in [2.05, 4.69) is 235 Å². The Bertz CT molecular complexity index is 3000. The van der Waals surface area contributed by atoms with E-state index in [-0.39, 0.29) is 16.6 Å². The van der Waals surface area contributed by atoms with Crippen molar-refractivity contribution in [2.24, 2.45) is 10.7 Å². The van der Waals surface area contributed by atoms with Crippen LogP contribution in [0, 0.1) is 62.3 Å². The van der Waals surface area contributed by atoms with Gasteiger partial charge in [0.2, 0.25) is 0 Å². The molecular weight excluding hydrogens is 1060 g/mol. The van der Waals surface area contributed by atoms with Crippen LogP contribution < -0.4 is 21.7 Å². The molecule has 7 aromatic rings. The van der Waals surface area contributed by atoms with Crippen LogP contribution in [0.4, 0.5) is 16.5 Å². The lowest BCUT2D eigenvalue weighted by molar-refractivity contribution is 0.515. The summed E-state index contributed by atoms with van der Waals surface area (Å²) < 4.78 is 3.16. The van der Waals surface area contributed by atoms with Crippen molar-refractivity contribution in [2.45, 2.75) is 141 Å². The minimum absolute atomic E-state index is 0. The molecule has 376 valence electrons. The number of thiocarbonyl (C=S) groups is 2. The number of anilines is 2. The molecule has 0 saturated carbocycles. The fourth-order valence-electron chi connectivity index (χ4n) is 8.56. The highest BCUT2D eigenvalue weighted by Crippen LogP contribution is 2.41. The Morgan fingerprint density at radius 1 is 0.592 bits per heavy atom. The maximum atomic E-state index is 5.50. The smallest absolute Gasteiger partial charge is 0.184 e. The fraction of sp³-hybridized carbons (Fsp3) is 0.350. The van der Waals surface area contributed by atoms with E-state index in [0.717, 1.165) is 42.1 Å². The maximum Gasteiger partial charge on any atom is 0.184 e. The molecule has 0 radical (unpaired) electrons. The number of nitrogens with two attached hydrogens (primary N) is 1. The standard InChI is InChI=1S/C20H25BrN2S.C20H24N2S.C16H14BrNS.C4H11N/c1-12-10-13(2)17(14(3)11-12)15-8-7-9-16(21)18(15)22-19(24)23-20(4,5)6;1-12-10-13(2)17(14(3)11-12)15-8-7-9-16-18(15)21-19(23-16)22-20(4,5)6;1-10-7-11(2)15(12(3)8-10)13-5-4-6-14(17)16(13)18-9-19;1-4(2,3)5/h7-11H,1-6H3,(H2,22,23,24);7-11H,1-6H3,(H,21,22);4-8H,1-3H3;5H2,1-3H3. The number of isothiocyanates is 1. The van der Waals surface area contributed by atoms with Crippen LogP contribution in [0.15, 0.2) is 105 Å². The minimum Gasteiger partial charge on any atom is -0.358 e. The van der Waals surface area contributed by atoms with Crippen molar-refractivity contribution < 1.29 is 0 Å². The third-order valence-corrected chi connectivity index (χ3v) is 13.2. The van der Waals surface area contributed by atoms with Crippen LogP contribution in [0.2, 0.25) is 0 Å². The van der Waals surface area contributed by atoms with Gasteiger partial charge in [0.15, 0.2) is 10.2 Å². The Kier molecular flexibility index (Phi) is 20.7. The van der Waals surface area contributed by atoms with E-state index in [1.54, 1.807) is 11.3 Å². The number of nitrogens with zero attached hydrogens (tertiary/aromatic N) is 2. The van der Waals surface area contributed by atoms with Gasteiger partial charge in [-0.05, 0) is 249 Å². The molecule has 0 atom stereocenters. The van der Waals surface area contributed by atoms with Crippen LogP contribution in [0.3, 0.4) is 0 Å². The van der Waals surface area contributed by atoms with E-state index in [0.29, 0.717) is 5.11 Å². The quantitative estimate of drug-likeness (QED) is 0.0975. The summed E-state index contributed by atoms with van der Waals surface area (Å²) in [6.07, 6.45) is 0. The minimum atomic E-state index is -0.0821. The van der Waals surface area contributed by atoms with E-state index < -0.39 is 0 Å². The summed E-state index contributed by atoms with van der Waals surface area (Å²) in [5.74, 6) is 0. The largest absolute Gasteiger partial charge is 0.358 e. The molecule has 6 nitrogen and oxygen atoms in total. The van der Waals surface area contributed by atoms with E-state index in [4.69, 9.17) is 35.2 Å². The average Bonchev–Trinajstić information content (AvgIpc) is 3.60. The van der Waals surface area contributed by atoms with Gasteiger partial charge in [-0.25, -0.2) is 4.98 Å². The number of rotatable bonds is 6. The maximum absolute atomic E-state index is 5.50. The van der Waals surface area contributed by atoms with Crippen molar-refractivity contribution in [3.05, 3.63) is 150 Å². The van der Waals surface area contributed by atoms with Crippen LogP contribution >= 0.6 is 67.6 Å². The number of aryl methyl sites for hydroxylation is 9. The number of aliphatic imine (C=N–C) groups is 1. The highest BCUT2D eigenvalue weighted by Gasteiger charge is 2.19. The molecule has 0 spiro atoms. The van der Waals surface area contributed by atoms with Gasteiger partial charge in [-0.2, -0.15) is 4.99 Å². The van der Waals surface area contributed by atoms with Gasteiger partial charge in [0.25, 0.3) is 0 Å². The molecule has 6 aromatic carbocycles. The van der Waals surface area contributed by atoms with Crippen molar-refractivity contribution in [3.8, 4) is 33.4 Å². The van der Waals surface area contributed by atoms with E-state index in [1.807, 2.05) is 39.0 Å². The number of benzene rings is 6. The first-order valence-corrected chi connectivity index (χ1v) is 27.0. The summed E-state index contributed by atoms with van der Waals surface area (Å²) in [6.45, 7) is 38.0. The molecule has 0 bridgehead atoms. The summed E-state index contributed by atoms with van der Waals surface area (Å²) in [4.78, 5) is 9.09. The number of nitrogens with one attached hydrogen (secondary N) is 3. The summed E-state index contributed by atoms with van der Waals surface area (Å²) in [5, 5.41) is 14.3. The first-order valence-electron chi connectivity index (χ1n) is 23.8. The lowest BCUT2D eigenvalue weighted by atomic mass is 9.93. The summed E-state index contributed by atoms with van der Waals surface area (Å²) in [7, 11) is 0. The molecule has 71 heavy (non-hydrogen) atoms. The highest BCUT2D eigenvalue weighted by molar-refractivity contribution is 9.11. The molecule has 0 aliphatic heterocycles. The second-order valence-electron chi connectivity index (χ2n) is 21.6. The molecule has 0 saturated heterocycles. The third kappa shape index (κ3) is 17.6. The van der Waals surface area contributed by atoms with E-state index >= 15 is 0 Å². The van der Waals surface area contributed by atoms with Crippen LogP contribution in [-0.2, 0) is 0 Å². The van der Waals surface area contributed by atoms with Crippen molar-refractivity contribution in [2.75, 3.05) is 10.6 Å². The van der Waals surface area contributed by atoms with Crippen LogP contribution in [0.1, 0.15) is 112 Å². The fourth-order valence-corrected chi connectivity index (χ4v) is 11.1. The Hall–Kier alpha value is -4.58. The molecule has 1 aromatic heterocycles. The topological polar surface area (TPSA) is 87.4 Å². The lowest BCUT2D eigenvalue weighted by Gasteiger charge is -2.25. The molecule has 7 rings (SSSR count). The zero-order valence-corrected chi connectivity index (χ0v) is 50.7. The predicted octanol–water partition coefficient (Wildman–Crippen LogP) is 18.7. The normalized spacial score (nSPS) is 11.2. The van der Waals surface area contributed by atoms with Crippen molar-refractivity contribution in [1.29, 1.82) is 0 Å². The number of para-hydroxylation sites is 3. The molecule has 1 heterocycles. The van der Waals surface area contributed by atoms with Crippen molar-refractivity contribution in [3.63, 3.8) is 0 Å². The summed E-state index contributed by atoms with van der Waals surface area (Å²) >= 11 is 19.2. The Labute approximate surface area is 457 Å². The van der Waals surface area contributed by atoms with Gasteiger partial charge in [-0.1, -0.05) is 101 Å². The van der Waals surface area contributed by atoms with Gasteiger partial charge < -0.3 is 21.7 Å². The van der Waals surface area contributed by atoms with Crippen LogP contribution in [0.25, 0.3) is 43.6 Å². The SMILES string of the molecule is CC(C)(C)N.Cc1cc(C)c(-c2cccc(Br)c2N=C=S)c(C)c1.Cc1cc(C)c(-c2cccc(Br)c2NC(=S)NC(C)(C)C)c(C)c1.Cc1cc(C)c(-c2cccc3sc(NC(C)(C)C)nc23)c(C)c1. The van der Waals surface area contributed by atoms with E-state index in [9.17, 15) is 0 Å². The van der Waals surface area contributed by atoms with Gasteiger partial charge in [0, 0.05) is 42.3 Å². The number of thiazole rings is 1. The molecule has 5 N–H and O–H groups in total. The molecule has 0 amide bonds. The molecule has 0 unspecified atom stereocenters. The zero-order chi connectivity index (χ0) is 53.3. The third-order valence-electron chi connectivity index (χ3n) is 10.6. The predicted molar refractivity (Wildman–Crippen MR) is 328 cm³/mol. The molecule has 0 aliphatic rings. The Balaban J connectivity index is 0.000000222. The number of aromatic nitrogens is 1. The second-order valence-corrected chi connectivity index (χ2v) is 24.9. The van der Waals surface area contributed by atoms with Crippen molar-refractivity contribution in [1.82, 2.24) is 10.3 Å². The highest BCUT2D eigenvalue weighted by atomic mass is 79.9. The first kappa shape index (κ1) is 59.0. The molecule has 0 fully saturated rings. The van der Waals surface area contributed by atoms with Gasteiger partial charge in [-0.15, -0.1) is 0 Å².